The second-order valence-electron chi connectivity index (χ2n) is 5.10. The minimum atomic E-state index is 0.0998. The van der Waals surface area contributed by atoms with Gasteiger partial charge in [-0.25, -0.2) is 0 Å². The highest BCUT2D eigenvalue weighted by Crippen LogP contribution is 2.06. The van der Waals surface area contributed by atoms with Crippen LogP contribution in [-0.4, -0.2) is 55.3 Å². The Bertz CT molecular complexity index is 547. The zero-order valence-electron chi connectivity index (χ0n) is 13.6. The van der Waals surface area contributed by atoms with Crippen molar-refractivity contribution in [3.63, 3.8) is 0 Å². The van der Waals surface area contributed by atoms with Gasteiger partial charge in [0.05, 0.1) is 17.9 Å². The van der Waals surface area contributed by atoms with E-state index in [0.29, 0.717) is 32.7 Å². The smallest absolute Gasteiger partial charge is 0.236 e. The van der Waals surface area contributed by atoms with Gasteiger partial charge in [-0.2, -0.15) is 0 Å². The molecule has 0 spiro atoms. The van der Waals surface area contributed by atoms with Gasteiger partial charge in [0.2, 0.25) is 5.91 Å². The van der Waals surface area contributed by atoms with Crippen molar-refractivity contribution in [2.75, 3.05) is 19.6 Å². The average Bonchev–Trinajstić information content (AvgIpc) is 2.57. The van der Waals surface area contributed by atoms with E-state index in [4.69, 9.17) is 0 Å². The molecule has 0 aromatic carbocycles. The molecule has 1 amide bonds. The van der Waals surface area contributed by atoms with Gasteiger partial charge in [0.25, 0.3) is 0 Å². The lowest BCUT2D eigenvalue weighted by Crippen LogP contribution is -2.40. The molecule has 0 aliphatic heterocycles. The summed E-state index contributed by atoms with van der Waals surface area (Å²) in [5.74, 6) is 0.0998. The van der Waals surface area contributed by atoms with Crippen LogP contribution in [0.5, 0.6) is 0 Å². The van der Waals surface area contributed by atoms with E-state index >= 15 is 0 Å². The van der Waals surface area contributed by atoms with Gasteiger partial charge in [-0.05, 0) is 13.8 Å². The third-order valence-electron chi connectivity index (χ3n) is 3.48. The summed E-state index contributed by atoms with van der Waals surface area (Å²) in [5, 5.41) is 0. The minimum Gasteiger partial charge on any atom is -0.342 e. The van der Waals surface area contributed by atoms with Crippen LogP contribution in [0.2, 0.25) is 0 Å². The maximum atomic E-state index is 12.4. The van der Waals surface area contributed by atoms with E-state index in [-0.39, 0.29) is 5.91 Å². The molecular formula is C16H22N6O. The quantitative estimate of drug-likeness (QED) is 0.727. The molecule has 0 saturated heterocycles. The SMILES string of the molecule is CCN(CC)C(=O)CN(Cc1cnccn1)Cc1cnccn1. The normalized spacial score (nSPS) is 10.7. The van der Waals surface area contributed by atoms with Crippen molar-refractivity contribution in [1.82, 2.24) is 29.7 Å². The van der Waals surface area contributed by atoms with Crippen LogP contribution in [0.15, 0.2) is 37.2 Å². The van der Waals surface area contributed by atoms with Crippen molar-refractivity contribution in [2.24, 2.45) is 0 Å². The molecule has 23 heavy (non-hydrogen) atoms. The number of hydrogen-bond donors (Lipinski definition) is 0. The third-order valence-corrected chi connectivity index (χ3v) is 3.48. The Kier molecular flexibility index (Phi) is 6.56. The molecule has 0 radical (unpaired) electrons. The summed E-state index contributed by atoms with van der Waals surface area (Å²) in [6, 6.07) is 0. The van der Waals surface area contributed by atoms with E-state index < -0.39 is 0 Å². The van der Waals surface area contributed by atoms with E-state index in [1.165, 1.54) is 0 Å². The predicted molar refractivity (Wildman–Crippen MR) is 86.1 cm³/mol. The molecule has 0 unspecified atom stereocenters. The van der Waals surface area contributed by atoms with Crippen molar-refractivity contribution in [2.45, 2.75) is 26.9 Å². The molecular weight excluding hydrogens is 292 g/mol. The number of rotatable bonds is 8. The maximum absolute atomic E-state index is 12.4. The molecule has 2 heterocycles. The average molecular weight is 314 g/mol. The van der Waals surface area contributed by atoms with Gasteiger partial charge in [-0.3, -0.25) is 29.6 Å². The highest BCUT2D eigenvalue weighted by atomic mass is 16.2. The number of amides is 1. The summed E-state index contributed by atoms with van der Waals surface area (Å²) in [6.07, 6.45) is 10.0. The van der Waals surface area contributed by atoms with Gasteiger partial charge >= 0.3 is 0 Å². The fourth-order valence-electron chi connectivity index (χ4n) is 2.32. The van der Waals surface area contributed by atoms with Crippen molar-refractivity contribution in [3.8, 4) is 0 Å². The summed E-state index contributed by atoms with van der Waals surface area (Å²) in [6.45, 7) is 6.77. The first-order valence-corrected chi connectivity index (χ1v) is 7.72. The highest BCUT2D eigenvalue weighted by Gasteiger charge is 2.17. The van der Waals surface area contributed by atoms with Gasteiger partial charge in [0, 0.05) is 63.4 Å². The summed E-state index contributed by atoms with van der Waals surface area (Å²) in [7, 11) is 0. The zero-order valence-corrected chi connectivity index (χ0v) is 13.6. The molecule has 7 nitrogen and oxygen atoms in total. The fourth-order valence-corrected chi connectivity index (χ4v) is 2.32. The molecule has 0 N–H and O–H groups in total. The number of aromatic nitrogens is 4. The molecule has 7 heteroatoms. The molecule has 0 atom stereocenters. The van der Waals surface area contributed by atoms with Crippen molar-refractivity contribution >= 4 is 5.91 Å². The van der Waals surface area contributed by atoms with Crippen LogP contribution in [0.3, 0.4) is 0 Å². The molecule has 0 aliphatic carbocycles. The first kappa shape index (κ1) is 17.0. The Balaban J connectivity index is 2.09. The third kappa shape index (κ3) is 5.37. The van der Waals surface area contributed by atoms with E-state index in [1.54, 1.807) is 37.2 Å². The first-order valence-electron chi connectivity index (χ1n) is 7.72. The monoisotopic (exact) mass is 314 g/mol. The predicted octanol–water partition coefficient (Wildman–Crippen LogP) is 1.14. The molecule has 0 saturated carbocycles. The molecule has 0 fully saturated rings. The lowest BCUT2D eigenvalue weighted by molar-refractivity contribution is -0.132. The Labute approximate surface area is 136 Å². The van der Waals surface area contributed by atoms with E-state index in [9.17, 15) is 4.79 Å². The zero-order chi connectivity index (χ0) is 16.5. The molecule has 0 aliphatic rings. The Hall–Kier alpha value is -2.41. The number of carbonyl (C=O) groups is 1. The van der Waals surface area contributed by atoms with Crippen molar-refractivity contribution in [3.05, 3.63) is 48.6 Å². The molecule has 2 aromatic rings. The van der Waals surface area contributed by atoms with Crippen LogP contribution < -0.4 is 0 Å². The van der Waals surface area contributed by atoms with Crippen LogP contribution in [0.25, 0.3) is 0 Å². The summed E-state index contributed by atoms with van der Waals surface area (Å²) in [5.41, 5.74) is 1.65. The van der Waals surface area contributed by atoms with Crippen LogP contribution in [-0.2, 0) is 17.9 Å². The van der Waals surface area contributed by atoms with Gasteiger partial charge in [0.1, 0.15) is 0 Å². The largest absolute Gasteiger partial charge is 0.342 e. The molecule has 2 rings (SSSR count). The van der Waals surface area contributed by atoms with Gasteiger partial charge in [-0.15, -0.1) is 0 Å². The van der Waals surface area contributed by atoms with Crippen LogP contribution >= 0.6 is 0 Å². The Morgan fingerprint density at radius 3 is 1.83 bits per heavy atom. The Morgan fingerprint density at radius 2 is 1.43 bits per heavy atom. The van der Waals surface area contributed by atoms with E-state index in [2.05, 4.69) is 19.9 Å². The van der Waals surface area contributed by atoms with Crippen molar-refractivity contribution in [1.29, 1.82) is 0 Å². The lowest BCUT2D eigenvalue weighted by Gasteiger charge is -2.25. The fraction of sp³-hybridized carbons (Fsp3) is 0.438. The van der Waals surface area contributed by atoms with Crippen LogP contribution in [0, 0.1) is 0 Å². The second kappa shape index (κ2) is 8.89. The van der Waals surface area contributed by atoms with Crippen molar-refractivity contribution < 1.29 is 4.79 Å². The number of carbonyl (C=O) groups excluding carboxylic acids is 1. The topological polar surface area (TPSA) is 75.1 Å². The van der Waals surface area contributed by atoms with Gasteiger partial charge in [-0.1, -0.05) is 0 Å². The van der Waals surface area contributed by atoms with E-state index in [1.807, 2.05) is 23.6 Å². The molecule has 0 bridgehead atoms. The lowest BCUT2D eigenvalue weighted by atomic mass is 10.3. The number of likely N-dealkylation sites (N-methyl/N-ethyl adjacent to an activating group) is 1. The maximum Gasteiger partial charge on any atom is 0.236 e. The summed E-state index contributed by atoms with van der Waals surface area (Å²) in [4.78, 5) is 33.0. The van der Waals surface area contributed by atoms with E-state index in [0.717, 1.165) is 11.4 Å². The standard InChI is InChI=1S/C16H22N6O/c1-3-22(4-2)16(23)13-21(11-14-9-17-5-7-19-14)12-15-10-18-6-8-20-15/h5-10H,3-4,11-13H2,1-2H3. The molecule has 2 aromatic heterocycles. The number of nitrogens with zero attached hydrogens (tertiary/aromatic N) is 6. The first-order chi connectivity index (χ1) is 11.2. The van der Waals surface area contributed by atoms with Crippen LogP contribution in [0.4, 0.5) is 0 Å². The van der Waals surface area contributed by atoms with Gasteiger partial charge in [0.15, 0.2) is 0 Å². The Morgan fingerprint density at radius 1 is 0.913 bits per heavy atom. The highest BCUT2D eigenvalue weighted by molar-refractivity contribution is 5.78. The minimum absolute atomic E-state index is 0.0998. The molecule has 122 valence electrons. The van der Waals surface area contributed by atoms with Gasteiger partial charge < -0.3 is 4.90 Å². The second-order valence-corrected chi connectivity index (χ2v) is 5.10. The number of hydrogen-bond acceptors (Lipinski definition) is 6. The summed E-state index contributed by atoms with van der Waals surface area (Å²) < 4.78 is 0. The summed E-state index contributed by atoms with van der Waals surface area (Å²) >= 11 is 0. The van der Waals surface area contributed by atoms with Crippen LogP contribution in [0.1, 0.15) is 25.2 Å².